The van der Waals surface area contributed by atoms with Crippen LogP contribution in [-0.4, -0.2) is 33.3 Å². The van der Waals surface area contributed by atoms with Gasteiger partial charge in [-0.25, -0.2) is 4.68 Å². The summed E-state index contributed by atoms with van der Waals surface area (Å²) in [5.74, 6) is 0.620. The van der Waals surface area contributed by atoms with Gasteiger partial charge in [-0.15, -0.1) is 0 Å². The molecule has 2 heterocycles. The number of piperidine rings is 1. The second-order valence-corrected chi connectivity index (χ2v) is 6.21. The first-order valence-electron chi connectivity index (χ1n) is 7.58. The fraction of sp³-hybridized carbons (Fsp3) is 0.786. The van der Waals surface area contributed by atoms with E-state index in [1.807, 2.05) is 20.8 Å². The Morgan fingerprint density at radius 3 is 2.57 bits per heavy atom. The lowest BCUT2D eigenvalue weighted by Crippen LogP contribution is -2.50. The van der Waals surface area contributed by atoms with Crippen LogP contribution in [0.25, 0.3) is 0 Å². The Hall–Kier alpha value is -1.63. The van der Waals surface area contributed by atoms with Crippen LogP contribution in [0.15, 0.2) is 0 Å². The number of nitro groups is 1. The standard InChI is InChI=1S/C14H25N5O2/c1-9(2)12-13(19(20)21)14(17(4)16-12)18-8-6-5-7-11(18)10(3)15/h9-11H,5-8,15H2,1-4H3. The highest BCUT2D eigenvalue weighted by Crippen LogP contribution is 2.38. The van der Waals surface area contributed by atoms with Crippen molar-refractivity contribution in [3.8, 4) is 0 Å². The quantitative estimate of drug-likeness (QED) is 0.679. The zero-order valence-electron chi connectivity index (χ0n) is 13.2. The van der Waals surface area contributed by atoms with Crippen LogP contribution < -0.4 is 10.6 Å². The third kappa shape index (κ3) is 2.88. The van der Waals surface area contributed by atoms with Gasteiger partial charge in [-0.3, -0.25) is 10.1 Å². The Morgan fingerprint density at radius 1 is 1.38 bits per heavy atom. The lowest BCUT2D eigenvalue weighted by atomic mass is 9.96. The first kappa shape index (κ1) is 15.8. The first-order valence-corrected chi connectivity index (χ1v) is 7.58. The molecular weight excluding hydrogens is 270 g/mol. The second-order valence-electron chi connectivity index (χ2n) is 6.21. The van der Waals surface area contributed by atoms with E-state index in [0.29, 0.717) is 11.5 Å². The van der Waals surface area contributed by atoms with Crippen molar-refractivity contribution in [2.75, 3.05) is 11.4 Å². The van der Waals surface area contributed by atoms with Gasteiger partial charge in [0.15, 0.2) is 0 Å². The Kier molecular flexibility index (Phi) is 4.51. The molecule has 2 unspecified atom stereocenters. The van der Waals surface area contributed by atoms with Crippen molar-refractivity contribution in [3.05, 3.63) is 15.8 Å². The summed E-state index contributed by atoms with van der Waals surface area (Å²) in [6, 6.07) is 0.107. The van der Waals surface area contributed by atoms with E-state index in [4.69, 9.17) is 5.73 Å². The van der Waals surface area contributed by atoms with Gasteiger partial charge in [0, 0.05) is 31.6 Å². The molecule has 7 nitrogen and oxygen atoms in total. The molecule has 0 saturated carbocycles. The van der Waals surface area contributed by atoms with E-state index in [0.717, 1.165) is 25.8 Å². The molecule has 0 aliphatic carbocycles. The predicted molar refractivity (Wildman–Crippen MR) is 82.6 cm³/mol. The molecule has 1 fully saturated rings. The van der Waals surface area contributed by atoms with Gasteiger partial charge >= 0.3 is 5.69 Å². The van der Waals surface area contributed by atoms with Gasteiger partial charge < -0.3 is 10.6 Å². The zero-order chi connectivity index (χ0) is 15.7. The molecular formula is C14H25N5O2. The number of aromatic nitrogens is 2. The van der Waals surface area contributed by atoms with Gasteiger partial charge in [-0.2, -0.15) is 5.10 Å². The highest BCUT2D eigenvalue weighted by Gasteiger charge is 2.36. The van der Waals surface area contributed by atoms with E-state index in [-0.39, 0.29) is 28.6 Å². The SMILES string of the molecule is CC(C)c1nn(C)c(N2CCCCC2C(C)N)c1[N+](=O)[O-]. The summed E-state index contributed by atoms with van der Waals surface area (Å²) in [4.78, 5) is 13.4. The summed E-state index contributed by atoms with van der Waals surface area (Å²) in [7, 11) is 1.78. The Bertz CT molecular complexity index is 524. The minimum Gasteiger partial charge on any atom is -0.347 e. The summed E-state index contributed by atoms with van der Waals surface area (Å²) in [6.07, 6.45) is 3.12. The highest BCUT2D eigenvalue weighted by atomic mass is 16.6. The summed E-state index contributed by atoms with van der Waals surface area (Å²) in [5, 5.41) is 16.0. The van der Waals surface area contributed by atoms with Gasteiger partial charge in [-0.1, -0.05) is 13.8 Å². The van der Waals surface area contributed by atoms with Crippen molar-refractivity contribution in [2.24, 2.45) is 12.8 Å². The largest absolute Gasteiger partial charge is 0.347 e. The van der Waals surface area contributed by atoms with Crippen LogP contribution in [0.3, 0.4) is 0 Å². The Labute approximate surface area is 125 Å². The van der Waals surface area contributed by atoms with Crippen LogP contribution in [0, 0.1) is 10.1 Å². The van der Waals surface area contributed by atoms with E-state index in [1.54, 1.807) is 11.7 Å². The normalized spacial score (nSPS) is 20.9. The molecule has 1 saturated heterocycles. The van der Waals surface area contributed by atoms with E-state index in [9.17, 15) is 10.1 Å². The average Bonchev–Trinajstić information content (AvgIpc) is 2.76. The molecule has 0 spiro atoms. The van der Waals surface area contributed by atoms with Crippen molar-refractivity contribution in [1.29, 1.82) is 0 Å². The molecule has 2 atom stereocenters. The van der Waals surface area contributed by atoms with Crippen molar-refractivity contribution >= 4 is 11.5 Å². The van der Waals surface area contributed by atoms with Crippen molar-refractivity contribution in [2.45, 2.75) is 58.0 Å². The molecule has 1 aliphatic heterocycles. The number of anilines is 1. The highest BCUT2D eigenvalue weighted by molar-refractivity contribution is 5.63. The molecule has 1 aliphatic rings. The van der Waals surface area contributed by atoms with E-state index >= 15 is 0 Å². The van der Waals surface area contributed by atoms with Gasteiger partial charge in [0.25, 0.3) is 0 Å². The third-order valence-electron chi connectivity index (χ3n) is 4.18. The van der Waals surface area contributed by atoms with Gasteiger partial charge in [0.1, 0.15) is 5.69 Å². The number of hydrogen-bond donors (Lipinski definition) is 1. The van der Waals surface area contributed by atoms with Crippen LogP contribution in [-0.2, 0) is 7.05 Å². The second kappa shape index (κ2) is 6.01. The van der Waals surface area contributed by atoms with Crippen LogP contribution in [0.5, 0.6) is 0 Å². The topological polar surface area (TPSA) is 90.2 Å². The minimum atomic E-state index is -0.301. The predicted octanol–water partition coefficient (Wildman–Crippen LogP) is 2.16. The lowest BCUT2D eigenvalue weighted by Gasteiger charge is -2.38. The third-order valence-corrected chi connectivity index (χ3v) is 4.18. The molecule has 0 bridgehead atoms. The maximum absolute atomic E-state index is 11.6. The number of nitrogens with zero attached hydrogens (tertiary/aromatic N) is 4. The average molecular weight is 295 g/mol. The molecule has 0 radical (unpaired) electrons. The summed E-state index contributed by atoms with van der Waals surface area (Å²) < 4.78 is 1.65. The van der Waals surface area contributed by atoms with Gasteiger partial charge in [0.05, 0.1) is 4.92 Å². The van der Waals surface area contributed by atoms with Crippen molar-refractivity contribution < 1.29 is 4.92 Å². The molecule has 21 heavy (non-hydrogen) atoms. The number of rotatable bonds is 4. The summed E-state index contributed by atoms with van der Waals surface area (Å²) in [6.45, 7) is 6.62. The summed E-state index contributed by atoms with van der Waals surface area (Å²) >= 11 is 0. The summed E-state index contributed by atoms with van der Waals surface area (Å²) in [5.41, 5.74) is 6.78. The number of aryl methyl sites for hydroxylation is 1. The molecule has 118 valence electrons. The lowest BCUT2D eigenvalue weighted by molar-refractivity contribution is -0.385. The maximum Gasteiger partial charge on any atom is 0.334 e. The molecule has 2 N–H and O–H groups in total. The van der Waals surface area contributed by atoms with Crippen LogP contribution >= 0.6 is 0 Å². The zero-order valence-corrected chi connectivity index (χ0v) is 13.2. The Balaban J connectivity index is 2.53. The van der Waals surface area contributed by atoms with Gasteiger partial charge in [0.2, 0.25) is 5.82 Å². The monoisotopic (exact) mass is 295 g/mol. The smallest absolute Gasteiger partial charge is 0.334 e. The van der Waals surface area contributed by atoms with E-state index < -0.39 is 0 Å². The van der Waals surface area contributed by atoms with Crippen molar-refractivity contribution in [1.82, 2.24) is 9.78 Å². The van der Waals surface area contributed by atoms with Gasteiger partial charge in [-0.05, 0) is 26.2 Å². The van der Waals surface area contributed by atoms with Crippen LogP contribution in [0.1, 0.15) is 51.6 Å². The van der Waals surface area contributed by atoms with E-state index in [1.165, 1.54) is 0 Å². The fourth-order valence-corrected chi connectivity index (χ4v) is 3.18. The molecule has 1 aromatic heterocycles. The maximum atomic E-state index is 11.6. The van der Waals surface area contributed by atoms with Crippen LogP contribution in [0.4, 0.5) is 11.5 Å². The minimum absolute atomic E-state index is 0.0175. The number of hydrogen-bond acceptors (Lipinski definition) is 5. The molecule has 0 amide bonds. The Morgan fingerprint density at radius 2 is 2.05 bits per heavy atom. The first-order chi connectivity index (χ1) is 9.84. The van der Waals surface area contributed by atoms with Crippen molar-refractivity contribution in [3.63, 3.8) is 0 Å². The van der Waals surface area contributed by atoms with E-state index in [2.05, 4.69) is 10.00 Å². The number of nitrogens with two attached hydrogens (primary N) is 1. The molecule has 7 heteroatoms. The molecule has 0 aromatic carbocycles. The fourth-order valence-electron chi connectivity index (χ4n) is 3.18. The molecule has 1 aromatic rings. The van der Waals surface area contributed by atoms with Crippen LogP contribution in [0.2, 0.25) is 0 Å². The molecule has 2 rings (SSSR count).